The molecule has 126 valence electrons. The molecule has 0 aliphatic carbocycles. The van der Waals surface area contributed by atoms with Crippen LogP contribution >= 0.6 is 11.7 Å². The van der Waals surface area contributed by atoms with Gasteiger partial charge in [-0.05, 0) is 31.2 Å². The second kappa shape index (κ2) is 6.67. The van der Waals surface area contributed by atoms with E-state index in [-0.39, 0.29) is 23.8 Å². The Kier molecular flexibility index (Phi) is 4.60. The Hall–Kier alpha value is -2.30. The van der Waals surface area contributed by atoms with Crippen LogP contribution in [0, 0.1) is 0 Å². The highest BCUT2D eigenvalue weighted by Gasteiger charge is 2.20. The Morgan fingerprint density at radius 1 is 1.29 bits per heavy atom. The Morgan fingerprint density at radius 2 is 2.12 bits per heavy atom. The summed E-state index contributed by atoms with van der Waals surface area (Å²) in [5.74, 6) is -0.271. The number of carbonyl (C=O) groups excluding carboxylic acids is 1. The number of nitrogens with one attached hydrogen (secondary N) is 1. The second-order valence-electron chi connectivity index (χ2n) is 4.70. The fourth-order valence-electron chi connectivity index (χ4n) is 2.03. The van der Waals surface area contributed by atoms with Crippen LogP contribution in [0.3, 0.4) is 0 Å². The molecule has 0 unspecified atom stereocenters. The molecule has 1 aromatic carbocycles. The van der Waals surface area contributed by atoms with Crippen molar-refractivity contribution in [3.05, 3.63) is 41.9 Å². The third kappa shape index (κ3) is 3.30. The topological polar surface area (TPSA) is 111 Å². The fourth-order valence-corrected chi connectivity index (χ4v) is 3.78. The van der Waals surface area contributed by atoms with Gasteiger partial charge >= 0.3 is 5.97 Å². The number of nitrogens with zero attached hydrogens (tertiary/aromatic N) is 2. The number of esters is 1. The fraction of sp³-hybridized carbons (Fsp3) is 0.214. The quantitative estimate of drug-likeness (QED) is 0.663. The monoisotopic (exact) mass is 367 g/mol. The van der Waals surface area contributed by atoms with Crippen molar-refractivity contribution < 1.29 is 22.4 Å². The first-order valence-electron chi connectivity index (χ1n) is 6.98. The van der Waals surface area contributed by atoms with Crippen molar-refractivity contribution >= 4 is 38.8 Å². The number of hydrogen-bond acceptors (Lipinski definition) is 8. The number of furan rings is 1. The molecular weight excluding hydrogens is 354 g/mol. The van der Waals surface area contributed by atoms with Crippen LogP contribution in [0.5, 0.6) is 0 Å². The molecule has 0 atom stereocenters. The van der Waals surface area contributed by atoms with E-state index < -0.39 is 16.0 Å². The normalized spacial score (nSPS) is 11.7. The van der Waals surface area contributed by atoms with Gasteiger partial charge in [0.1, 0.15) is 21.7 Å². The van der Waals surface area contributed by atoms with Gasteiger partial charge in [-0.15, -0.1) is 0 Å². The zero-order valence-corrected chi connectivity index (χ0v) is 14.2. The lowest BCUT2D eigenvalue weighted by Crippen LogP contribution is -2.23. The number of benzene rings is 1. The van der Waals surface area contributed by atoms with Crippen molar-refractivity contribution in [2.45, 2.75) is 18.4 Å². The van der Waals surface area contributed by atoms with E-state index in [1.807, 2.05) is 0 Å². The van der Waals surface area contributed by atoms with Crippen LogP contribution in [0.25, 0.3) is 11.0 Å². The number of rotatable bonds is 6. The predicted octanol–water partition coefficient (Wildman–Crippen LogP) is 1.94. The van der Waals surface area contributed by atoms with E-state index in [1.54, 1.807) is 19.1 Å². The molecule has 3 rings (SSSR count). The molecule has 3 aromatic rings. The SMILES string of the molecule is CCOC(=O)c1ccc(CNS(=O)(=O)c2cccc3nsnc23)o1. The number of ether oxygens (including phenoxy) is 1. The summed E-state index contributed by atoms with van der Waals surface area (Å²) < 4.78 is 45.4. The van der Waals surface area contributed by atoms with Crippen LogP contribution in [-0.4, -0.2) is 29.7 Å². The lowest BCUT2D eigenvalue weighted by atomic mass is 10.3. The highest BCUT2D eigenvalue weighted by atomic mass is 32.2. The molecule has 0 saturated carbocycles. The van der Waals surface area contributed by atoms with Crippen molar-refractivity contribution in [2.75, 3.05) is 6.61 Å². The molecule has 0 amide bonds. The molecule has 2 aromatic heterocycles. The minimum Gasteiger partial charge on any atom is -0.460 e. The van der Waals surface area contributed by atoms with Gasteiger partial charge in [-0.25, -0.2) is 17.9 Å². The van der Waals surface area contributed by atoms with Gasteiger partial charge in [0.15, 0.2) is 0 Å². The molecule has 0 spiro atoms. The molecule has 0 aliphatic rings. The molecule has 0 aliphatic heterocycles. The first-order chi connectivity index (χ1) is 11.5. The Morgan fingerprint density at radius 3 is 2.92 bits per heavy atom. The molecule has 0 bridgehead atoms. The summed E-state index contributed by atoms with van der Waals surface area (Å²) in [6.45, 7) is 1.81. The zero-order valence-electron chi connectivity index (χ0n) is 12.6. The van der Waals surface area contributed by atoms with Gasteiger partial charge in [0.25, 0.3) is 0 Å². The molecule has 0 fully saturated rings. The average Bonchev–Trinajstić information content (AvgIpc) is 3.22. The van der Waals surface area contributed by atoms with E-state index in [2.05, 4.69) is 13.5 Å². The van der Waals surface area contributed by atoms with Crippen LogP contribution in [0.1, 0.15) is 23.2 Å². The number of sulfonamides is 1. The summed E-state index contributed by atoms with van der Waals surface area (Å²) in [7, 11) is -3.80. The standard InChI is InChI=1S/C14H13N3O5S2/c1-2-21-14(18)11-7-6-9(22-11)8-15-24(19,20)12-5-3-4-10-13(12)17-23-16-10/h3-7,15H,2,8H2,1H3. The number of hydrogen-bond donors (Lipinski definition) is 1. The van der Waals surface area contributed by atoms with Crippen LogP contribution in [0.15, 0.2) is 39.6 Å². The van der Waals surface area contributed by atoms with Crippen molar-refractivity contribution in [2.24, 2.45) is 0 Å². The molecule has 2 heterocycles. The van der Waals surface area contributed by atoms with Crippen molar-refractivity contribution in [3.63, 3.8) is 0 Å². The van der Waals surface area contributed by atoms with Crippen molar-refractivity contribution in [1.29, 1.82) is 0 Å². The molecule has 10 heteroatoms. The predicted molar refractivity (Wildman–Crippen MR) is 86.1 cm³/mol. The molecular formula is C14H13N3O5S2. The zero-order chi connectivity index (χ0) is 17.2. The van der Waals surface area contributed by atoms with Crippen molar-refractivity contribution in [1.82, 2.24) is 13.5 Å². The Labute approximate surface area is 141 Å². The molecule has 0 radical (unpaired) electrons. The van der Waals surface area contributed by atoms with Gasteiger partial charge in [-0.2, -0.15) is 8.75 Å². The van der Waals surface area contributed by atoms with E-state index >= 15 is 0 Å². The number of carbonyl (C=O) groups is 1. The summed E-state index contributed by atoms with van der Waals surface area (Å²) in [5.41, 5.74) is 0.840. The first kappa shape index (κ1) is 16.6. The molecule has 24 heavy (non-hydrogen) atoms. The summed E-state index contributed by atoms with van der Waals surface area (Å²) in [6, 6.07) is 7.70. The molecule has 0 saturated heterocycles. The van der Waals surface area contributed by atoms with Crippen LogP contribution < -0.4 is 4.72 Å². The van der Waals surface area contributed by atoms with E-state index in [1.165, 1.54) is 18.2 Å². The first-order valence-corrected chi connectivity index (χ1v) is 9.19. The van der Waals surface area contributed by atoms with E-state index in [9.17, 15) is 13.2 Å². The van der Waals surface area contributed by atoms with Gasteiger partial charge in [-0.3, -0.25) is 0 Å². The maximum Gasteiger partial charge on any atom is 0.374 e. The summed E-state index contributed by atoms with van der Waals surface area (Å²) in [5, 5.41) is 0. The third-order valence-corrected chi connectivity index (χ3v) is 5.09. The van der Waals surface area contributed by atoms with Crippen molar-refractivity contribution in [3.8, 4) is 0 Å². The van der Waals surface area contributed by atoms with Gasteiger partial charge in [-0.1, -0.05) is 6.07 Å². The highest BCUT2D eigenvalue weighted by molar-refractivity contribution is 7.89. The third-order valence-electron chi connectivity index (χ3n) is 3.11. The van der Waals surface area contributed by atoms with Crippen LogP contribution in [0.4, 0.5) is 0 Å². The lowest BCUT2D eigenvalue weighted by Gasteiger charge is -2.05. The van der Waals surface area contributed by atoms with E-state index in [0.717, 1.165) is 11.7 Å². The van der Waals surface area contributed by atoms with Crippen LogP contribution in [-0.2, 0) is 21.3 Å². The maximum atomic E-state index is 12.5. The van der Waals surface area contributed by atoms with Gasteiger partial charge in [0.05, 0.1) is 24.9 Å². The second-order valence-corrected chi connectivity index (χ2v) is 6.96. The van der Waals surface area contributed by atoms with Gasteiger partial charge in [0, 0.05) is 0 Å². The smallest absolute Gasteiger partial charge is 0.374 e. The Balaban J connectivity index is 1.76. The highest BCUT2D eigenvalue weighted by Crippen LogP contribution is 2.21. The summed E-state index contributed by atoms with van der Waals surface area (Å²) >= 11 is 0.947. The summed E-state index contributed by atoms with van der Waals surface area (Å²) in [4.78, 5) is 11.6. The number of fused-ring (bicyclic) bond motifs is 1. The van der Waals surface area contributed by atoms with Crippen LogP contribution in [0.2, 0.25) is 0 Å². The summed E-state index contributed by atoms with van der Waals surface area (Å²) in [6.07, 6.45) is 0. The number of aromatic nitrogens is 2. The van der Waals surface area contributed by atoms with Gasteiger partial charge < -0.3 is 9.15 Å². The lowest BCUT2D eigenvalue weighted by molar-refractivity contribution is 0.0488. The molecule has 8 nitrogen and oxygen atoms in total. The average molecular weight is 367 g/mol. The maximum absolute atomic E-state index is 12.5. The van der Waals surface area contributed by atoms with Gasteiger partial charge in [0.2, 0.25) is 15.8 Å². The minimum atomic E-state index is -3.80. The minimum absolute atomic E-state index is 0.0249. The largest absolute Gasteiger partial charge is 0.460 e. The van der Waals surface area contributed by atoms with E-state index in [0.29, 0.717) is 16.8 Å². The molecule has 1 N–H and O–H groups in total. The van der Waals surface area contributed by atoms with E-state index in [4.69, 9.17) is 9.15 Å². The Bertz CT molecular complexity index is 977.